The summed E-state index contributed by atoms with van der Waals surface area (Å²) in [7, 11) is 3.60. The maximum atomic E-state index is 4.06. The van der Waals surface area contributed by atoms with Crippen molar-refractivity contribution in [2.24, 2.45) is 4.99 Å². The molecule has 0 aromatic carbocycles. The molecule has 0 aromatic rings. The lowest BCUT2D eigenvalue weighted by molar-refractivity contribution is 0.758. The number of allylic oxidation sites excluding steroid dienone is 3. The summed E-state index contributed by atoms with van der Waals surface area (Å²) in [5.74, 6) is 0.786. The van der Waals surface area contributed by atoms with Gasteiger partial charge in [-0.15, -0.1) is 0 Å². The van der Waals surface area contributed by atoms with Gasteiger partial charge in [-0.3, -0.25) is 4.99 Å². The van der Waals surface area contributed by atoms with E-state index in [1.54, 1.807) is 13.1 Å². The van der Waals surface area contributed by atoms with Crippen LogP contribution in [0.25, 0.3) is 0 Å². The molecule has 0 amide bonds. The average molecular weight is 195 g/mol. The minimum atomic E-state index is 0.786. The summed E-state index contributed by atoms with van der Waals surface area (Å²) in [5.41, 5.74) is 1.15. The predicted molar refractivity (Wildman–Crippen MR) is 63.4 cm³/mol. The minimum absolute atomic E-state index is 0.786. The summed E-state index contributed by atoms with van der Waals surface area (Å²) in [6, 6.07) is 0. The van der Waals surface area contributed by atoms with Gasteiger partial charge in [-0.1, -0.05) is 26.0 Å². The average Bonchev–Trinajstić information content (AvgIpc) is 2.22. The molecule has 0 aromatic heterocycles. The Balaban J connectivity index is 4.22. The monoisotopic (exact) mass is 195 g/mol. The molecule has 80 valence electrons. The molecule has 0 aliphatic carbocycles. The van der Waals surface area contributed by atoms with Gasteiger partial charge in [0.15, 0.2) is 5.96 Å². The van der Waals surface area contributed by atoms with Crippen LogP contribution in [0.2, 0.25) is 0 Å². The van der Waals surface area contributed by atoms with Gasteiger partial charge in [0.2, 0.25) is 0 Å². The second kappa shape index (κ2) is 8.35. The van der Waals surface area contributed by atoms with Crippen molar-refractivity contribution in [1.82, 2.24) is 10.6 Å². The van der Waals surface area contributed by atoms with E-state index < -0.39 is 0 Å². The lowest BCUT2D eigenvalue weighted by Gasteiger charge is -2.11. The van der Waals surface area contributed by atoms with Gasteiger partial charge in [0.1, 0.15) is 0 Å². The lowest BCUT2D eigenvalue weighted by atomic mass is 10.2. The third kappa shape index (κ3) is 5.41. The molecule has 0 spiro atoms. The fourth-order valence-corrected chi connectivity index (χ4v) is 1.08. The first-order valence-electron chi connectivity index (χ1n) is 5.01. The molecule has 0 saturated carbocycles. The van der Waals surface area contributed by atoms with Crippen molar-refractivity contribution in [3.8, 4) is 0 Å². The molecule has 3 heteroatoms. The van der Waals surface area contributed by atoms with E-state index in [-0.39, 0.29) is 0 Å². The van der Waals surface area contributed by atoms with Crippen LogP contribution < -0.4 is 10.6 Å². The van der Waals surface area contributed by atoms with Gasteiger partial charge < -0.3 is 10.6 Å². The van der Waals surface area contributed by atoms with Crippen LogP contribution in [-0.4, -0.2) is 20.1 Å². The fraction of sp³-hybridized carbons (Fsp3) is 0.545. The quantitative estimate of drug-likeness (QED) is 0.400. The molecule has 0 saturated heterocycles. The zero-order valence-electron chi connectivity index (χ0n) is 9.43. The van der Waals surface area contributed by atoms with E-state index in [2.05, 4.69) is 29.1 Å². The molecular formula is C11H21N3. The van der Waals surface area contributed by atoms with Crippen molar-refractivity contribution in [2.45, 2.75) is 26.2 Å². The predicted octanol–water partition coefficient (Wildman–Crippen LogP) is 2.04. The van der Waals surface area contributed by atoms with Crippen molar-refractivity contribution in [3.05, 3.63) is 24.4 Å². The Morgan fingerprint density at radius 2 is 2.21 bits per heavy atom. The van der Waals surface area contributed by atoms with Crippen molar-refractivity contribution in [3.63, 3.8) is 0 Å². The van der Waals surface area contributed by atoms with Crippen molar-refractivity contribution < 1.29 is 0 Å². The number of rotatable bonds is 5. The summed E-state index contributed by atoms with van der Waals surface area (Å²) in [6.07, 6.45) is 7.17. The van der Waals surface area contributed by atoms with Crippen LogP contribution >= 0.6 is 0 Å². The van der Waals surface area contributed by atoms with Crippen LogP contribution in [-0.2, 0) is 0 Å². The highest BCUT2D eigenvalue weighted by Crippen LogP contribution is 2.03. The third-order valence-corrected chi connectivity index (χ3v) is 1.86. The largest absolute Gasteiger partial charge is 0.359 e. The van der Waals surface area contributed by atoms with E-state index >= 15 is 0 Å². The molecule has 0 rings (SSSR count). The van der Waals surface area contributed by atoms with E-state index in [1.807, 2.05) is 13.1 Å². The van der Waals surface area contributed by atoms with E-state index in [0.29, 0.717) is 0 Å². The maximum Gasteiger partial charge on any atom is 0.194 e. The number of aliphatic imine (C=N–C) groups is 1. The number of nitrogens with zero attached hydrogens (tertiary/aromatic N) is 1. The zero-order chi connectivity index (χ0) is 10.8. The Hall–Kier alpha value is -1.25. The highest BCUT2D eigenvalue weighted by atomic mass is 15.2. The first kappa shape index (κ1) is 12.8. The smallest absolute Gasteiger partial charge is 0.194 e. The SMILES string of the molecule is C=C/C=C(\CCCC)NC(=NC)NC. The summed E-state index contributed by atoms with van der Waals surface area (Å²) in [6.45, 7) is 5.87. The minimum Gasteiger partial charge on any atom is -0.359 e. The highest BCUT2D eigenvalue weighted by Gasteiger charge is 1.98. The number of nitrogens with one attached hydrogen (secondary N) is 2. The van der Waals surface area contributed by atoms with E-state index in [0.717, 1.165) is 18.1 Å². The second-order valence-electron chi connectivity index (χ2n) is 2.98. The Labute approximate surface area is 87.0 Å². The molecule has 0 unspecified atom stereocenters. The molecule has 14 heavy (non-hydrogen) atoms. The Morgan fingerprint density at radius 3 is 2.64 bits per heavy atom. The highest BCUT2D eigenvalue weighted by molar-refractivity contribution is 5.81. The normalized spacial score (nSPS) is 12.5. The third-order valence-electron chi connectivity index (χ3n) is 1.86. The molecule has 0 atom stereocenters. The van der Waals surface area contributed by atoms with Gasteiger partial charge >= 0.3 is 0 Å². The van der Waals surface area contributed by atoms with Crippen LogP contribution in [0.4, 0.5) is 0 Å². The summed E-state index contributed by atoms with van der Waals surface area (Å²) >= 11 is 0. The number of guanidine groups is 1. The Kier molecular flexibility index (Phi) is 7.61. The molecule has 0 aliphatic rings. The summed E-state index contributed by atoms with van der Waals surface area (Å²) in [5, 5.41) is 6.20. The van der Waals surface area contributed by atoms with Gasteiger partial charge in [0.05, 0.1) is 0 Å². The van der Waals surface area contributed by atoms with Crippen LogP contribution in [0.3, 0.4) is 0 Å². The first-order valence-corrected chi connectivity index (χ1v) is 5.01. The molecule has 0 aliphatic heterocycles. The van der Waals surface area contributed by atoms with Gasteiger partial charge in [0, 0.05) is 19.8 Å². The number of hydrogen-bond acceptors (Lipinski definition) is 1. The van der Waals surface area contributed by atoms with Gasteiger partial charge in [-0.2, -0.15) is 0 Å². The first-order chi connectivity index (χ1) is 6.78. The van der Waals surface area contributed by atoms with Crippen LogP contribution in [0.15, 0.2) is 29.4 Å². The Bertz CT molecular complexity index is 217. The number of hydrogen-bond donors (Lipinski definition) is 2. The molecule has 0 radical (unpaired) electrons. The molecule has 0 fully saturated rings. The molecule has 3 nitrogen and oxygen atoms in total. The van der Waals surface area contributed by atoms with Crippen molar-refractivity contribution in [2.75, 3.05) is 14.1 Å². The zero-order valence-corrected chi connectivity index (χ0v) is 9.43. The van der Waals surface area contributed by atoms with Crippen molar-refractivity contribution in [1.29, 1.82) is 0 Å². The van der Waals surface area contributed by atoms with Crippen LogP contribution in [0.5, 0.6) is 0 Å². The summed E-state index contributed by atoms with van der Waals surface area (Å²) < 4.78 is 0. The maximum absolute atomic E-state index is 4.06. The standard InChI is InChI=1S/C11H21N3/c1-5-7-9-10(8-6-2)14-11(12-3)13-4/h6,8H,2,5,7,9H2,1,3-4H3,(H2,12,13,14)/b10-8+. The van der Waals surface area contributed by atoms with E-state index in [4.69, 9.17) is 0 Å². The van der Waals surface area contributed by atoms with E-state index in [1.165, 1.54) is 12.8 Å². The summed E-state index contributed by atoms with van der Waals surface area (Å²) in [4.78, 5) is 4.06. The van der Waals surface area contributed by atoms with Crippen LogP contribution in [0, 0.1) is 0 Å². The van der Waals surface area contributed by atoms with Crippen molar-refractivity contribution >= 4 is 5.96 Å². The second-order valence-corrected chi connectivity index (χ2v) is 2.98. The molecule has 2 N–H and O–H groups in total. The lowest BCUT2D eigenvalue weighted by Crippen LogP contribution is -2.34. The molecular weight excluding hydrogens is 174 g/mol. The Morgan fingerprint density at radius 1 is 1.50 bits per heavy atom. The van der Waals surface area contributed by atoms with E-state index in [9.17, 15) is 0 Å². The molecule has 0 bridgehead atoms. The van der Waals surface area contributed by atoms with Gasteiger partial charge in [-0.05, 0) is 18.9 Å². The van der Waals surface area contributed by atoms with Gasteiger partial charge in [-0.25, -0.2) is 0 Å². The fourth-order valence-electron chi connectivity index (χ4n) is 1.08. The number of unbranched alkanes of at least 4 members (excludes halogenated alkanes) is 1. The topological polar surface area (TPSA) is 36.4 Å². The molecule has 0 heterocycles. The van der Waals surface area contributed by atoms with Gasteiger partial charge in [0.25, 0.3) is 0 Å². The van der Waals surface area contributed by atoms with Crippen LogP contribution in [0.1, 0.15) is 26.2 Å².